The molecule has 0 radical (unpaired) electrons. The summed E-state index contributed by atoms with van der Waals surface area (Å²) in [5.74, 6) is -0.408. The highest BCUT2D eigenvalue weighted by atomic mass is 19.1. The number of halogens is 2. The van der Waals surface area contributed by atoms with Crippen molar-refractivity contribution in [2.75, 3.05) is 25.0 Å². The van der Waals surface area contributed by atoms with Gasteiger partial charge in [0.05, 0.1) is 18.0 Å². The van der Waals surface area contributed by atoms with Crippen LogP contribution in [0, 0.1) is 17.0 Å². The third-order valence-electron chi connectivity index (χ3n) is 6.88. The molecule has 2 aromatic carbocycles. The number of amides is 1. The molecule has 1 amide bonds. The zero-order valence-corrected chi connectivity index (χ0v) is 22.7. The lowest BCUT2D eigenvalue weighted by Gasteiger charge is -2.33. The number of fused-ring (bicyclic) bond motifs is 3. The number of nitrogens with one attached hydrogen (secondary N) is 2. The van der Waals surface area contributed by atoms with E-state index in [2.05, 4.69) is 22.4 Å². The molecule has 1 saturated heterocycles. The largest absolute Gasteiger partial charge is 0.493 e. The number of carbonyl (C=O) groups excluding carboxylic acids is 1. The van der Waals surface area contributed by atoms with Gasteiger partial charge in [-0.25, -0.2) is 23.2 Å². The van der Waals surface area contributed by atoms with Crippen LogP contribution in [0.1, 0.15) is 50.7 Å². The highest BCUT2D eigenvalue weighted by molar-refractivity contribution is 5.99. The van der Waals surface area contributed by atoms with Crippen LogP contribution < -0.4 is 10.1 Å². The molecular formula is C29H32F2N6O3. The molecule has 2 N–H and O–H groups in total. The molecule has 40 heavy (non-hydrogen) atoms. The quantitative estimate of drug-likeness (QED) is 0.317. The normalized spacial score (nSPS) is 15.9. The molecule has 0 atom stereocenters. The van der Waals surface area contributed by atoms with Gasteiger partial charge >= 0.3 is 6.09 Å². The van der Waals surface area contributed by atoms with E-state index in [1.54, 1.807) is 11.1 Å². The highest BCUT2D eigenvalue weighted by Crippen LogP contribution is 2.38. The molecule has 0 bridgehead atoms. The van der Waals surface area contributed by atoms with Crippen LogP contribution in [0.4, 0.5) is 19.3 Å². The van der Waals surface area contributed by atoms with E-state index in [0.717, 1.165) is 48.0 Å². The van der Waals surface area contributed by atoms with Gasteiger partial charge in [0.25, 0.3) is 0 Å². The van der Waals surface area contributed by atoms with Crippen molar-refractivity contribution in [3.05, 3.63) is 65.4 Å². The number of benzene rings is 2. The summed E-state index contributed by atoms with van der Waals surface area (Å²) in [6.45, 7) is 7.27. The van der Waals surface area contributed by atoms with Crippen molar-refractivity contribution in [1.82, 2.24) is 14.7 Å². The Bertz CT molecular complexity index is 1450. The van der Waals surface area contributed by atoms with Crippen LogP contribution in [-0.2, 0) is 11.2 Å². The van der Waals surface area contributed by atoms with E-state index in [4.69, 9.17) is 20.0 Å². The second kappa shape index (κ2) is 11.1. The fourth-order valence-corrected chi connectivity index (χ4v) is 4.95. The Morgan fingerprint density at radius 1 is 1.20 bits per heavy atom. The Kier molecular flexibility index (Phi) is 7.55. The second-order valence-corrected chi connectivity index (χ2v) is 10.9. The summed E-state index contributed by atoms with van der Waals surface area (Å²) in [5.41, 5.74) is 3.07. The molecule has 11 heteroatoms. The van der Waals surface area contributed by atoms with Gasteiger partial charge in [0.2, 0.25) is 5.96 Å². The molecule has 0 unspecified atom stereocenters. The van der Waals surface area contributed by atoms with E-state index in [-0.39, 0.29) is 23.7 Å². The summed E-state index contributed by atoms with van der Waals surface area (Å²) in [6, 6.07) is 9.29. The number of likely N-dealkylation sites (tertiary alicyclic amines) is 1. The molecule has 2 aliphatic rings. The van der Waals surface area contributed by atoms with Crippen LogP contribution in [0.15, 0.2) is 47.6 Å². The first-order chi connectivity index (χ1) is 19.1. The van der Waals surface area contributed by atoms with Crippen molar-refractivity contribution in [2.24, 2.45) is 4.99 Å². The number of aromatic nitrogens is 2. The minimum atomic E-state index is -0.785. The third-order valence-corrected chi connectivity index (χ3v) is 6.88. The number of hydrogen-bond donors (Lipinski definition) is 2. The number of aliphatic imine (C=N–C) groups is 1. The average molecular weight is 551 g/mol. The Labute approximate surface area is 231 Å². The van der Waals surface area contributed by atoms with Gasteiger partial charge in [-0.15, -0.1) is 0 Å². The fraction of sp³-hybridized carbons (Fsp3) is 0.379. The smallest absolute Gasteiger partial charge is 0.410 e. The van der Waals surface area contributed by atoms with Crippen LogP contribution in [0.25, 0.3) is 11.3 Å². The predicted molar refractivity (Wildman–Crippen MR) is 148 cm³/mol. The van der Waals surface area contributed by atoms with Gasteiger partial charge in [0.15, 0.2) is 0 Å². The van der Waals surface area contributed by atoms with Gasteiger partial charge in [0.1, 0.15) is 29.3 Å². The topological polar surface area (TPSA) is 105 Å². The van der Waals surface area contributed by atoms with Crippen LogP contribution >= 0.6 is 0 Å². The molecule has 9 nitrogen and oxygen atoms in total. The summed E-state index contributed by atoms with van der Waals surface area (Å²) >= 11 is 0. The molecule has 3 aromatic rings. The first-order valence-corrected chi connectivity index (χ1v) is 13.2. The fourth-order valence-electron chi connectivity index (χ4n) is 4.95. The number of hydrogen-bond acceptors (Lipinski definition) is 5. The summed E-state index contributed by atoms with van der Waals surface area (Å²) in [6.07, 6.45) is 4.53. The van der Waals surface area contributed by atoms with E-state index in [9.17, 15) is 13.6 Å². The monoisotopic (exact) mass is 550 g/mol. The van der Waals surface area contributed by atoms with Gasteiger partial charge in [-0.05, 0) is 69.4 Å². The number of rotatable bonds is 3. The van der Waals surface area contributed by atoms with E-state index in [1.165, 1.54) is 10.7 Å². The van der Waals surface area contributed by atoms with Crippen LogP contribution in [-0.4, -0.2) is 58.4 Å². The van der Waals surface area contributed by atoms with Crippen LogP contribution in [0.5, 0.6) is 5.75 Å². The van der Waals surface area contributed by atoms with Crippen molar-refractivity contribution >= 4 is 24.1 Å². The van der Waals surface area contributed by atoms with Crippen molar-refractivity contribution in [1.29, 1.82) is 5.41 Å². The van der Waals surface area contributed by atoms with Gasteiger partial charge in [-0.2, -0.15) is 5.10 Å². The first-order valence-electron chi connectivity index (χ1n) is 13.2. The first kappa shape index (κ1) is 27.3. The van der Waals surface area contributed by atoms with E-state index < -0.39 is 17.2 Å². The highest BCUT2D eigenvalue weighted by Gasteiger charge is 2.29. The minimum Gasteiger partial charge on any atom is -0.493 e. The molecule has 210 valence electrons. The number of nitrogens with zero attached hydrogens (tertiary/aromatic N) is 4. The second-order valence-electron chi connectivity index (χ2n) is 10.9. The third kappa shape index (κ3) is 5.98. The van der Waals surface area contributed by atoms with Gasteiger partial charge in [-0.1, -0.05) is 6.07 Å². The Morgan fingerprint density at radius 3 is 2.67 bits per heavy atom. The summed E-state index contributed by atoms with van der Waals surface area (Å²) in [4.78, 5) is 18.3. The number of anilines is 1. The lowest BCUT2D eigenvalue weighted by Crippen LogP contribution is -2.41. The molecule has 1 fully saturated rings. The van der Waals surface area contributed by atoms with Crippen molar-refractivity contribution in [3.63, 3.8) is 0 Å². The molecule has 3 heterocycles. The van der Waals surface area contributed by atoms with Gasteiger partial charge < -0.3 is 19.7 Å². The molecule has 0 aliphatic carbocycles. The summed E-state index contributed by atoms with van der Waals surface area (Å²) in [5, 5.41) is 15.0. The molecule has 0 spiro atoms. The SMILES string of the molecule is CC(C)(C)OC(=O)N1CCC(c2ccc3c(c2)-c2nn(/C(=N/C=N)Nc4ccc(F)cc4F)cc2CCO3)CC1. The number of ether oxygens (including phenoxy) is 2. The molecule has 0 saturated carbocycles. The zero-order valence-electron chi connectivity index (χ0n) is 22.7. The standard InChI is InChI=1S/C29H32F2N6O3/c1-29(2,3)40-28(38)36-11-8-18(9-12-36)19-4-7-25-22(14-19)26-20(10-13-39-25)16-37(35-26)27(33-17-32)34-24-6-5-21(30)15-23(24)31/h4-7,14-18H,8-13H2,1-3H3,(H2,32,33,34). The Morgan fingerprint density at radius 2 is 1.98 bits per heavy atom. The maximum Gasteiger partial charge on any atom is 0.410 e. The molecular weight excluding hydrogens is 518 g/mol. The Hall–Kier alpha value is -4.28. The zero-order chi connectivity index (χ0) is 28.4. The number of piperidine rings is 1. The lowest BCUT2D eigenvalue weighted by molar-refractivity contribution is 0.0205. The molecule has 1 aromatic heterocycles. The Balaban J connectivity index is 1.39. The van der Waals surface area contributed by atoms with Gasteiger partial charge in [-0.3, -0.25) is 5.41 Å². The predicted octanol–water partition coefficient (Wildman–Crippen LogP) is 5.80. The van der Waals surface area contributed by atoms with Crippen molar-refractivity contribution in [2.45, 2.75) is 51.6 Å². The lowest BCUT2D eigenvalue weighted by atomic mass is 9.88. The van der Waals surface area contributed by atoms with E-state index >= 15 is 0 Å². The van der Waals surface area contributed by atoms with Crippen molar-refractivity contribution in [3.8, 4) is 17.0 Å². The number of carbonyl (C=O) groups is 1. The minimum absolute atomic E-state index is 0.0106. The van der Waals surface area contributed by atoms with Crippen LogP contribution in [0.2, 0.25) is 0 Å². The summed E-state index contributed by atoms with van der Waals surface area (Å²) < 4.78 is 40.7. The van der Waals surface area contributed by atoms with Gasteiger partial charge in [0, 0.05) is 42.9 Å². The molecule has 5 rings (SSSR count). The van der Waals surface area contributed by atoms with Crippen LogP contribution in [0.3, 0.4) is 0 Å². The summed E-state index contributed by atoms with van der Waals surface area (Å²) in [7, 11) is 0. The molecule has 2 aliphatic heterocycles. The maximum atomic E-state index is 14.3. The average Bonchev–Trinajstić information content (AvgIpc) is 3.25. The van der Waals surface area contributed by atoms with E-state index in [1.807, 2.05) is 26.8 Å². The van der Waals surface area contributed by atoms with E-state index in [0.29, 0.717) is 37.6 Å². The maximum absolute atomic E-state index is 14.3. The van der Waals surface area contributed by atoms with Crippen molar-refractivity contribution < 1.29 is 23.0 Å².